The van der Waals surface area contributed by atoms with E-state index in [4.69, 9.17) is 11.6 Å². The molecule has 0 radical (unpaired) electrons. The lowest BCUT2D eigenvalue weighted by molar-refractivity contribution is 0.0621. The van der Waals surface area contributed by atoms with E-state index in [0.717, 1.165) is 30.2 Å². The topological polar surface area (TPSA) is 60.9 Å². The summed E-state index contributed by atoms with van der Waals surface area (Å²) in [6.07, 6.45) is 0. The maximum absolute atomic E-state index is 13.0. The van der Waals surface area contributed by atoms with Crippen LogP contribution in [0.1, 0.15) is 42.2 Å². The van der Waals surface area contributed by atoms with Crippen LogP contribution in [-0.2, 0) is 13.1 Å². The largest absolute Gasteiger partial charge is 0.336 e. The fourth-order valence-corrected chi connectivity index (χ4v) is 4.58. The number of amides is 3. The molecule has 2 aliphatic rings. The van der Waals surface area contributed by atoms with Gasteiger partial charge in [-0.3, -0.25) is 24.2 Å². The van der Waals surface area contributed by atoms with Gasteiger partial charge in [-0.2, -0.15) is 0 Å². The van der Waals surface area contributed by atoms with Gasteiger partial charge in [0, 0.05) is 43.3 Å². The average molecular weight is 474 g/mol. The number of carbonyl (C=O) groups excluding carboxylic acids is 3. The smallest absolute Gasteiger partial charge is 0.261 e. The fourth-order valence-electron chi connectivity index (χ4n) is 4.46. The van der Waals surface area contributed by atoms with Gasteiger partial charge >= 0.3 is 0 Å². The van der Waals surface area contributed by atoms with Gasteiger partial charge in [-0.15, -0.1) is 0 Å². The number of hydrogen-bond acceptors (Lipinski definition) is 4. The summed E-state index contributed by atoms with van der Waals surface area (Å²) in [4.78, 5) is 43.6. The predicted molar refractivity (Wildman–Crippen MR) is 130 cm³/mol. The van der Waals surface area contributed by atoms with Crippen LogP contribution in [0.4, 0.5) is 0 Å². The normalized spacial score (nSPS) is 16.1. The summed E-state index contributed by atoms with van der Waals surface area (Å²) in [7, 11) is 0. The molecule has 0 spiro atoms. The first-order chi connectivity index (χ1) is 16.5. The van der Waals surface area contributed by atoms with Crippen LogP contribution in [0.5, 0.6) is 0 Å². The Kier molecular flexibility index (Phi) is 6.18. The molecule has 3 amide bonds. The molecule has 2 aliphatic heterocycles. The molecule has 7 heteroatoms. The first-order valence-electron chi connectivity index (χ1n) is 11.3. The molecule has 0 atom stereocenters. The Bertz CT molecular complexity index is 1200. The molecule has 0 bridgehead atoms. The van der Waals surface area contributed by atoms with Crippen molar-refractivity contribution in [3.05, 3.63) is 106 Å². The molecule has 0 aromatic heterocycles. The van der Waals surface area contributed by atoms with E-state index in [2.05, 4.69) is 4.90 Å². The SMILES string of the molecule is O=C(c1ccc(CN2C(=O)c3ccccc3C2=O)cc1)N1CCN(Cc2ccc(Cl)cc2)CC1. The number of fused-ring (bicyclic) bond motifs is 1. The van der Waals surface area contributed by atoms with Gasteiger partial charge in [-0.25, -0.2) is 0 Å². The summed E-state index contributed by atoms with van der Waals surface area (Å²) in [6.45, 7) is 3.99. The highest BCUT2D eigenvalue weighted by molar-refractivity contribution is 6.30. The van der Waals surface area contributed by atoms with Gasteiger partial charge in [0.1, 0.15) is 0 Å². The predicted octanol–water partition coefficient (Wildman–Crippen LogP) is 4.09. The summed E-state index contributed by atoms with van der Waals surface area (Å²) >= 11 is 5.96. The Balaban J connectivity index is 1.17. The zero-order chi connectivity index (χ0) is 23.7. The number of piperazine rings is 1. The highest BCUT2D eigenvalue weighted by Crippen LogP contribution is 2.24. The number of imide groups is 1. The molecule has 1 saturated heterocycles. The van der Waals surface area contributed by atoms with Crippen LogP contribution in [0.25, 0.3) is 0 Å². The van der Waals surface area contributed by atoms with Gasteiger partial charge in [0.15, 0.2) is 0 Å². The third-order valence-corrected chi connectivity index (χ3v) is 6.65. The number of benzene rings is 3. The Morgan fingerprint density at radius 3 is 1.82 bits per heavy atom. The average Bonchev–Trinajstić information content (AvgIpc) is 3.11. The molecule has 172 valence electrons. The lowest BCUT2D eigenvalue weighted by Gasteiger charge is -2.34. The van der Waals surface area contributed by atoms with Gasteiger partial charge < -0.3 is 4.90 Å². The Labute approximate surface area is 203 Å². The quantitative estimate of drug-likeness (QED) is 0.523. The number of halogens is 1. The molecular weight excluding hydrogens is 450 g/mol. The van der Waals surface area contributed by atoms with Crippen molar-refractivity contribution in [2.45, 2.75) is 13.1 Å². The molecule has 0 aliphatic carbocycles. The van der Waals surface area contributed by atoms with Crippen LogP contribution in [0.3, 0.4) is 0 Å². The highest BCUT2D eigenvalue weighted by Gasteiger charge is 2.35. The molecule has 1 fully saturated rings. The van der Waals surface area contributed by atoms with E-state index >= 15 is 0 Å². The third kappa shape index (κ3) is 4.47. The Morgan fingerprint density at radius 1 is 0.706 bits per heavy atom. The number of nitrogens with zero attached hydrogens (tertiary/aromatic N) is 3. The van der Waals surface area contributed by atoms with E-state index in [1.165, 1.54) is 10.5 Å². The minimum absolute atomic E-state index is 0.00146. The number of hydrogen-bond donors (Lipinski definition) is 0. The van der Waals surface area contributed by atoms with Crippen LogP contribution >= 0.6 is 11.6 Å². The van der Waals surface area contributed by atoms with Gasteiger partial charge in [-0.1, -0.05) is 48.0 Å². The van der Waals surface area contributed by atoms with Gasteiger partial charge in [0.2, 0.25) is 0 Å². The van der Waals surface area contributed by atoms with Crippen LogP contribution in [0.2, 0.25) is 5.02 Å². The molecule has 6 nitrogen and oxygen atoms in total. The molecule has 3 aromatic rings. The molecule has 0 saturated carbocycles. The minimum atomic E-state index is -0.280. The second-order valence-electron chi connectivity index (χ2n) is 8.63. The highest BCUT2D eigenvalue weighted by atomic mass is 35.5. The fraction of sp³-hybridized carbons (Fsp3) is 0.222. The number of carbonyl (C=O) groups is 3. The van der Waals surface area contributed by atoms with Crippen LogP contribution in [-0.4, -0.2) is 58.6 Å². The van der Waals surface area contributed by atoms with Gasteiger partial charge in [0.25, 0.3) is 17.7 Å². The van der Waals surface area contributed by atoms with E-state index in [9.17, 15) is 14.4 Å². The molecule has 5 rings (SSSR count). The summed E-state index contributed by atoms with van der Waals surface area (Å²) in [6, 6.07) is 21.9. The van der Waals surface area contributed by atoms with Gasteiger partial charge in [0.05, 0.1) is 17.7 Å². The third-order valence-electron chi connectivity index (χ3n) is 6.40. The van der Waals surface area contributed by atoms with Crippen molar-refractivity contribution in [1.82, 2.24) is 14.7 Å². The molecular formula is C27H24ClN3O3. The monoisotopic (exact) mass is 473 g/mol. The van der Waals surface area contributed by atoms with Crippen molar-refractivity contribution in [1.29, 1.82) is 0 Å². The second-order valence-corrected chi connectivity index (χ2v) is 9.07. The first-order valence-corrected chi connectivity index (χ1v) is 11.7. The lowest BCUT2D eigenvalue weighted by Crippen LogP contribution is -2.48. The van der Waals surface area contributed by atoms with Crippen molar-refractivity contribution in [3.63, 3.8) is 0 Å². The Hall–Kier alpha value is -3.48. The summed E-state index contributed by atoms with van der Waals surface area (Å²) in [5.41, 5.74) is 3.50. The van der Waals surface area contributed by atoms with E-state index in [1.54, 1.807) is 36.4 Å². The molecule has 34 heavy (non-hydrogen) atoms. The maximum Gasteiger partial charge on any atom is 0.261 e. The zero-order valence-electron chi connectivity index (χ0n) is 18.6. The van der Waals surface area contributed by atoms with Crippen molar-refractivity contribution in [3.8, 4) is 0 Å². The number of rotatable bonds is 5. The van der Waals surface area contributed by atoms with Crippen LogP contribution in [0.15, 0.2) is 72.8 Å². The zero-order valence-corrected chi connectivity index (χ0v) is 19.4. The van der Waals surface area contributed by atoms with Gasteiger partial charge in [-0.05, 0) is 47.5 Å². The first kappa shape index (κ1) is 22.3. The van der Waals surface area contributed by atoms with Crippen molar-refractivity contribution in [2.75, 3.05) is 26.2 Å². The Morgan fingerprint density at radius 2 is 1.24 bits per heavy atom. The van der Waals surface area contributed by atoms with E-state index < -0.39 is 0 Å². The van der Waals surface area contributed by atoms with Crippen molar-refractivity contribution < 1.29 is 14.4 Å². The summed E-state index contributed by atoms with van der Waals surface area (Å²) < 4.78 is 0. The summed E-state index contributed by atoms with van der Waals surface area (Å²) in [5, 5.41) is 0.730. The second kappa shape index (κ2) is 9.41. The minimum Gasteiger partial charge on any atom is -0.336 e. The van der Waals surface area contributed by atoms with Crippen molar-refractivity contribution >= 4 is 29.3 Å². The van der Waals surface area contributed by atoms with E-state index in [-0.39, 0.29) is 24.3 Å². The lowest BCUT2D eigenvalue weighted by atomic mass is 10.1. The van der Waals surface area contributed by atoms with E-state index in [0.29, 0.717) is 29.8 Å². The summed E-state index contributed by atoms with van der Waals surface area (Å²) in [5.74, 6) is -0.562. The van der Waals surface area contributed by atoms with Crippen molar-refractivity contribution in [2.24, 2.45) is 0 Å². The molecule has 0 N–H and O–H groups in total. The molecule has 3 aromatic carbocycles. The molecule has 0 unspecified atom stereocenters. The van der Waals surface area contributed by atoms with Crippen LogP contribution in [0, 0.1) is 0 Å². The standard InChI is InChI=1S/C27H24ClN3O3/c28-22-11-7-19(8-12-22)17-29-13-15-30(16-14-29)25(32)21-9-5-20(6-10-21)18-31-26(33)23-3-1-2-4-24(23)27(31)34/h1-12H,13-18H2. The van der Waals surface area contributed by atoms with E-state index in [1.807, 2.05) is 41.3 Å². The maximum atomic E-state index is 13.0. The molecule has 2 heterocycles. The van der Waals surface area contributed by atoms with Crippen LogP contribution < -0.4 is 0 Å².